The second-order valence-corrected chi connectivity index (χ2v) is 14.9. The van der Waals surface area contributed by atoms with E-state index in [0.717, 1.165) is 4.99 Å². The fourth-order valence-corrected chi connectivity index (χ4v) is 5.15. The van der Waals surface area contributed by atoms with Crippen molar-refractivity contribution in [1.82, 2.24) is 9.80 Å². The summed E-state index contributed by atoms with van der Waals surface area (Å²) < 4.78 is 6.71. The highest BCUT2D eigenvalue weighted by molar-refractivity contribution is 7.80. The molecule has 0 spiro atoms. The highest BCUT2D eigenvalue weighted by Crippen LogP contribution is 2.38. The molecule has 1 atom stereocenters. The van der Waals surface area contributed by atoms with Gasteiger partial charge in [0.05, 0.1) is 22.2 Å². The Bertz CT molecular complexity index is 846. The molecule has 0 fully saturated rings. The van der Waals surface area contributed by atoms with Crippen LogP contribution in [-0.2, 0) is 4.43 Å². The van der Waals surface area contributed by atoms with Crippen LogP contribution in [0.25, 0.3) is 0 Å². The Balaban J connectivity index is 2.18. The lowest BCUT2D eigenvalue weighted by atomic mass is 10.1. The minimum absolute atomic E-state index is 0.0321. The summed E-state index contributed by atoms with van der Waals surface area (Å²) >= 11 is 5.74. The number of imide groups is 1. The van der Waals surface area contributed by atoms with Crippen molar-refractivity contribution >= 4 is 37.3 Å². The number of hydrogen-bond donors (Lipinski definition) is 0. The molecule has 0 unspecified atom stereocenters. The first-order valence-corrected chi connectivity index (χ1v) is 14.4. The van der Waals surface area contributed by atoms with Gasteiger partial charge in [-0.3, -0.25) is 14.5 Å². The van der Waals surface area contributed by atoms with Gasteiger partial charge < -0.3 is 9.33 Å². The number of carbonyl (C=O) groups is 2. The van der Waals surface area contributed by atoms with E-state index in [2.05, 4.69) is 47.0 Å². The Morgan fingerprint density at radius 1 is 1.12 bits per heavy atom. The van der Waals surface area contributed by atoms with E-state index in [0.29, 0.717) is 43.6 Å². The summed E-state index contributed by atoms with van der Waals surface area (Å²) in [6.07, 6.45) is 4.53. The molecule has 0 radical (unpaired) electrons. The summed E-state index contributed by atoms with van der Waals surface area (Å²) in [6, 6.07) is 6.97. The van der Waals surface area contributed by atoms with Gasteiger partial charge in [0.2, 0.25) is 0 Å². The molecule has 1 heterocycles. The standard InChI is InChI=1S/C25H36N2O3SSi/c1-8-15-26(16-9-2)22(31)18-19(30-32(6,7)25(3,4)5)14-17-27-23(28)20-12-10-11-13-21(20)24(27)29/h8-13,19H,1-2,14-18H2,3-7H3/t19-/m1/s1. The Kier molecular flexibility index (Phi) is 8.73. The molecule has 174 valence electrons. The van der Waals surface area contributed by atoms with Gasteiger partial charge in [-0.15, -0.1) is 13.2 Å². The molecule has 2 amide bonds. The predicted octanol–water partition coefficient (Wildman–Crippen LogP) is 5.45. The van der Waals surface area contributed by atoms with Crippen LogP contribution in [0.4, 0.5) is 0 Å². The third kappa shape index (κ3) is 6.03. The number of benzene rings is 1. The first-order chi connectivity index (χ1) is 14.9. The van der Waals surface area contributed by atoms with Crippen LogP contribution in [0.1, 0.15) is 54.3 Å². The van der Waals surface area contributed by atoms with Crippen molar-refractivity contribution in [3.8, 4) is 0 Å². The smallest absolute Gasteiger partial charge is 0.261 e. The number of carbonyl (C=O) groups excluding carboxylic acids is 2. The van der Waals surface area contributed by atoms with Crippen LogP contribution in [0.15, 0.2) is 49.6 Å². The molecular weight excluding hydrogens is 436 g/mol. The van der Waals surface area contributed by atoms with E-state index < -0.39 is 8.32 Å². The van der Waals surface area contributed by atoms with Crippen molar-refractivity contribution in [3.05, 3.63) is 60.7 Å². The summed E-state index contributed by atoms with van der Waals surface area (Å²) in [5, 5.41) is 0.0321. The van der Waals surface area contributed by atoms with Gasteiger partial charge in [0.1, 0.15) is 0 Å². The van der Waals surface area contributed by atoms with Gasteiger partial charge in [0, 0.05) is 26.1 Å². The van der Waals surface area contributed by atoms with Crippen molar-refractivity contribution < 1.29 is 14.0 Å². The Hall–Kier alpha value is -2.09. The largest absolute Gasteiger partial charge is 0.413 e. The second-order valence-electron chi connectivity index (χ2n) is 9.68. The van der Waals surface area contributed by atoms with E-state index in [9.17, 15) is 9.59 Å². The molecule has 5 nitrogen and oxygen atoms in total. The van der Waals surface area contributed by atoms with Crippen molar-refractivity contribution in [2.75, 3.05) is 19.6 Å². The highest BCUT2D eigenvalue weighted by Gasteiger charge is 2.40. The first-order valence-electron chi connectivity index (χ1n) is 11.1. The summed E-state index contributed by atoms with van der Waals surface area (Å²) in [6.45, 7) is 20.2. The molecule has 1 aromatic rings. The topological polar surface area (TPSA) is 49.9 Å². The number of rotatable bonds is 11. The third-order valence-corrected chi connectivity index (χ3v) is 11.2. The maximum atomic E-state index is 12.8. The number of hydrogen-bond acceptors (Lipinski definition) is 4. The van der Waals surface area contributed by atoms with Crippen molar-refractivity contribution in [3.63, 3.8) is 0 Å². The van der Waals surface area contributed by atoms with Crippen LogP contribution in [0, 0.1) is 0 Å². The summed E-state index contributed by atoms with van der Waals surface area (Å²) in [4.78, 5) is 29.7. The van der Waals surface area contributed by atoms with E-state index in [1.54, 1.807) is 24.3 Å². The lowest BCUT2D eigenvalue weighted by Gasteiger charge is -2.40. The molecule has 0 saturated carbocycles. The number of nitrogens with zero attached hydrogens (tertiary/aromatic N) is 2. The third-order valence-electron chi connectivity index (χ3n) is 6.27. The van der Waals surface area contributed by atoms with Crippen molar-refractivity contribution in [2.24, 2.45) is 0 Å². The molecule has 0 aromatic heterocycles. The molecular formula is C25H36N2O3SSi. The van der Waals surface area contributed by atoms with E-state index in [1.807, 2.05) is 17.1 Å². The summed E-state index contributed by atoms with van der Waals surface area (Å²) in [7, 11) is -2.09. The van der Waals surface area contributed by atoms with E-state index in [4.69, 9.17) is 16.6 Å². The normalized spacial score (nSPS) is 14.8. The minimum Gasteiger partial charge on any atom is -0.413 e. The van der Waals surface area contributed by atoms with Gasteiger partial charge in [0.25, 0.3) is 11.8 Å². The van der Waals surface area contributed by atoms with Gasteiger partial charge in [-0.05, 0) is 36.7 Å². The van der Waals surface area contributed by atoms with Crippen LogP contribution in [0.5, 0.6) is 0 Å². The van der Waals surface area contributed by atoms with Crippen LogP contribution < -0.4 is 0 Å². The Morgan fingerprint density at radius 2 is 1.62 bits per heavy atom. The highest BCUT2D eigenvalue weighted by atomic mass is 32.1. The molecule has 1 aliphatic rings. The van der Waals surface area contributed by atoms with Gasteiger partial charge in [0.15, 0.2) is 8.32 Å². The van der Waals surface area contributed by atoms with Gasteiger partial charge in [-0.2, -0.15) is 0 Å². The monoisotopic (exact) mass is 472 g/mol. The van der Waals surface area contributed by atoms with Crippen molar-refractivity contribution in [2.45, 2.75) is 57.8 Å². The van der Waals surface area contributed by atoms with Gasteiger partial charge >= 0.3 is 0 Å². The van der Waals surface area contributed by atoms with Crippen LogP contribution in [0.2, 0.25) is 18.1 Å². The Labute approximate surface area is 199 Å². The lowest BCUT2D eigenvalue weighted by Crippen LogP contribution is -2.46. The number of thiocarbonyl (C=S) groups is 1. The van der Waals surface area contributed by atoms with Crippen LogP contribution in [-0.4, -0.2) is 60.7 Å². The average molecular weight is 473 g/mol. The summed E-state index contributed by atoms with van der Waals surface area (Å²) in [5.41, 5.74) is 0.941. The zero-order valence-corrected chi connectivity index (χ0v) is 21.8. The van der Waals surface area contributed by atoms with Crippen molar-refractivity contribution in [1.29, 1.82) is 0 Å². The summed E-state index contributed by atoms with van der Waals surface area (Å²) in [5.74, 6) is -0.474. The predicted molar refractivity (Wildman–Crippen MR) is 138 cm³/mol. The molecule has 0 N–H and O–H groups in total. The maximum absolute atomic E-state index is 12.8. The maximum Gasteiger partial charge on any atom is 0.261 e. The molecule has 1 aliphatic heterocycles. The molecule has 0 aliphatic carbocycles. The lowest BCUT2D eigenvalue weighted by molar-refractivity contribution is 0.0628. The minimum atomic E-state index is -2.09. The van der Waals surface area contributed by atoms with Crippen LogP contribution >= 0.6 is 12.2 Å². The first kappa shape index (κ1) is 26.2. The SMILES string of the molecule is C=CCN(CC=C)C(=S)C[C@@H](CCN1C(=O)c2ccccc2C1=O)O[Si](C)(C)C(C)(C)C. The van der Waals surface area contributed by atoms with E-state index in [-0.39, 0.29) is 23.0 Å². The van der Waals surface area contributed by atoms with E-state index >= 15 is 0 Å². The fourth-order valence-electron chi connectivity index (χ4n) is 3.43. The zero-order valence-electron chi connectivity index (χ0n) is 20.0. The molecule has 0 saturated heterocycles. The fraction of sp³-hybridized carbons (Fsp3) is 0.480. The second kappa shape index (κ2) is 10.7. The molecule has 1 aromatic carbocycles. The van der Waals surface area contributed by atoms with E-state index in [1.165, 1.54) is 4.90 Å². The van der Waals surface area contributed by atoms with Gasteiger partial charge in [-0.25, -0.2) is 0 Å². The quantitative estimate of drug-likeness (QED) is 0.185. The molecule has 2 rings (SSSR count). The average Bonchev–Trinajstić information content (AvgIpc) is 2.95. The van der Waals surface area contributed by atoms with Gasteiger partial charge in [-0.1, -0.05) is 57.3 Å². The Morgan fingerprint density at radius 3 is 2.06 bits per heavy atom. The number of amides is 2. The zero-order chi connectivity index (χ0) is 24.1. The number of fused-ring (bicyclic) bond motifs is 1. The molecule has 0 bridgehead atoms. The molecule has 32 heavy (non-hydrogen) atoms. The molecule has 7 heteroatoms. The van der Waals surface area contributed by atoms with Crippen LogP contribution in [0.3, 0.4) is 0 Å².